The third kappa shape index (κ3) is 6.12. The van der Waals surface area contributed by atoms with E-state index < -0.39 is 5.60 Å². The van der Waals surface area contributed by atoms with E-state index in [0.717, 1.165) is 11.4 Å². The van der Waals surface area contributed by atoms with E-state index in [0.29, 0.717) is 5.75 Å². The maximum atomic E-state index is 11.7. The number of thioether (sulfide) groups is 1. The minimum absolute atomic E-state index is 0.170. The van der Waals surface area contributed by atoms with Gasteiger partial charge in [0.25, 0.3) is 0 Å². The molecule has 19 heavy (non-hydrogen) atoms. The smallest absolute Gasteiger partial charge is 0.316 e. The minimum Gasteiger partial charge on any atom is -0.459 e. The van der Waals surface area contributed by atoms with Crippen LogP contribution in [0.2, 0.25) is 0 Å². The van der Waals surface area contributed by atoms with Crippen molar-refractivity contribution in [1.29, 1.82) is 0 Å². The van der Waals surface area contributed by atoms with Gasteiger partial charge in [-0.15, -0.1) is 11.8 Å². The van der Waals surface area contributed by atoms with Crippen molar-refractivity contribution in [2.45, 2.75) is 44.7 Å². The molecular formula is C15H23NO2S. The summed E-state index contributed by atoms with van der Waals surface area (Å²) in [5, 5.41) is 3.13. The lowest BCUT2D eigenvalue weighted by atomic mass is 10.1. The second-order valence-corrected chi connectivity index (χ2v) is 6.52. The highest BCUT2D eigenvalue weighted by Crippen LogP contribution is 2.24. The fourth-order valence-electron chi connectivity index (χ4n) is 1.70. The highest BCUT2D eigenvalue weighted by atomic mass is 32.2. The van der Waals surface area contributed by atoms with Crippen LogP contribution in [0.5, 0.6) is 0 Å². The molecule has 0 saturated heterocycles. The summed E-state index contributed by atoms with van der Waals surface area (Å²) in [6.45, 7) is 8.57. The van der Waals surface area contributed by atoms with Crippen LogP contribution in [0.3, 0.4) is 0 Å². The molecule has 1 N–H and O–H groups in total. The second kappa shape index (κ2) is 6.96. The Labute approximate surface area is 120 Å². The Morgan fingerprint density at radius 3 is 2.58 bits per heavy atom. The number of aryl methyl sites for hydroxylation is 1. The molecule has 0 aromatic heterocycles. The average molecular weight is 281 g/mol. The molecule has 0 fully saturated rings. The zero-order chi connectivity index (χ0) is 14.5. The lowest BCUT2D eigenvalue weighted by molar-refractivity contribution is -0.151. The summed E-state index contributed by atoms with van der Waals surface area (Å²) in [4.78, 5) is 12.8. The number of esters is 1. The molecule has 3 nitrogen and oxygen atoms in total. The predicted molar refractivity (Wildman–Crippen MR) is 80.5 cm³/mol. The third-order valence-corrected chi connectivity index (χ3v) is 3.53. The van der Waals surface area contributed by atoms with Gasteiger partial charge in [-0.1, -0.05) is 12.1 Å². The average Bonchev–Trinajstić information content (AvgIpc) is 2.26. The monoisotopic (exact) mass is 281 g/mol. The zero-order valence-corrected chi connectivity index (χ0v) is 13.2. The highest BCUT2D eigenvalue weighted by Gasteiger charge is 2.16. The van der Waals surface area contributed by atoms with Gasteiger partial charge in [-0.05, 0) is 51.9 Å². The molecule has 1 aromatic carbocycles. The minimum atomic E-state index is -0.413. The SMILES string of the molecule is CNCc1ccc(SCC(=O)OC(C)(C)C)c(C)c1. The van der Waals surface area contributed by atoms with Gasteiger partial charge in [0.15, 0.2) is 0 Å². The number of carbonyl (C=O) groups excluding carboxylic acids is 1. The molecule has 1 rings (SSSR count). The second-order valence-electron chi connectivity index (χ2n) is 5.51. The Balaban J connectivity index is 2.56. The normalized spacial score (nSPS) is 11.4. The van der Waals surface area contributed by atoms with Crippen molar-refractivity contribution < 1.29 is 9.53 Å². The summed E-state index contributed by atoms with van der Waals surface area (Å²) in [7, 11) is 1.93. The van der Waals surface area contributed by atoms with Crippen LogP contribution in [0.15, 0.2) is 23.1 Å². The van der Waals surface area contributed by atoms with Crippen LogP contribution < -0.4 is 5.32 Å². The molecule has 0 spiro atoms. The van der Waals surface area contributed by atoms with E-state index in [9.17, 15) is 4.79 Å². The first-order chi connectivity index (χ1) is 8.81. The Hall–Kier alpha value is -1.00. The molecule has 0 aliphatic carbocycles. The van der Waals surface area contributed by atoms with Crippen LogP contribution in [0, 0.1) is 6.92 Å². The molecule has 0 saturated carbocycles. The van der Waals surface area contributed by atoms with E-state index in [1.807, 2.05) is 27.8 Å². The lowest BCUT2D eigenvalue weighted by Crippen LogP contribution is -2.24. The van der Waals surface area contributed by atoms with E-state index >= 15 is 0 Å². The van der Waals surface area contributed by atoms with Crippen LogP contribution in [0.1, 0.15) is 31.9 Å². The van der Waals surface area contributed by atoms with Gasteiger partial charge in [0.2, 0.25) is 0 Å². The molecule has 1 aromatic rings. The van der Waals surface area contributed by atoms with Crippen LogP contribution in [-0.2, 0) is 16.1 Å². The van der Waals surface area contributed by atoms with Gasteiger partial charge in [0.05, 0.1) is 5.75 Å². The van der Waals surface area contributed by atoms with E-state index in [2.05, 4.69) is 30.4 Å². The highest BCUT2D eigenvalue weighted by molar-refractivity contribution is 8.00. The van der Waals surface area contributed by atoms with E-state index in [-0.39, 0.29) is 5.97 Å². The van der Waals surface area contributed by atoms with Gasteiger partial charge in [0.1, 0.15) is 5.60 Å². The molecule has 0 unspecified atom stereocenters. The first-order valence-corrected chi connectivity index (χ1v) is 7.39. The number of hydrogen-bond donors (Lipinski definition) is 1. The number of carbonyl (C=O) groups is 1. The maximum absolute atomic E-state index is 11.7. The summed E-state index contributed by atoms with van der Waals surface area (Å²) in [6.07, 6.45) is 0. The van der Waals surface area contributed by atoms with Gasteiger partial charge in [-0.25, -0.2) is 0 Å². The van der Waals surface area contributed by atoms with Gasteiger partial charge in [0, 0.05) is 11.4 Å². The molecule has 0 heterocycles. The molecule has 0 bridgehead atoms. The van der Waals surface area contributed by atoms with Crippen molar-refractivity contribution in [2.75, 3.05) is 12.8 Å². The molecule has 0 atom stereocenters. The molecular weight excluding hydrogens is 258 g/mol. The third-order valence-electron chi connectivity index (χ3n) is 2.39. The molecule has 0 amide bonds. The number of nitrogens with one attached hydrogen (secondary N) is 1. The molecule has 4 heteroatoms. The molecule has 0 aliphatic rings. The van der Waals surface area contributed by atoms with Gasteiger partial charge in [-0.2, -0.15) is 0 Å². The Kier molecular flexibility index (Phi) is 5.88. The van der Waals surface area contributed by atoms with Crippen LogP contribution in [-0.4, -0.2) is 24.4 Å². The largest absolute Gasteiger partial charge is 0.459 e. The summed E-state index contributed by atoms with van der Waals surface area (Å²) in [6, 6.07) is 6.30. The fourth-order valence-corrected chi connectivity index (χ4v) is 2.48. The van der Waals surface area contributed by atoms with Gasteiger partial charge < -0.3 is 10.1 Å². The summed E-state index contributed by atoms with van der Waals surface area (Å²) in [5.74, 6) is 0.180. The molecule has 0 aliphatic heterocycles. The first kappa shape index (κ1) is 16.1. The van der Waals surface area contributed by atoms with E-state index in [4.69, 9.17) is 4.74 Å². The summed E-state index contributed by atoms with van der Waals surface area (Å²) < 4.78 is 5.29. The summed E-state index contributed by atoms with van der Waals surface area (Å²) >= 11 is 1.53. The van der Waals surface area contributed by atoms with Gasteiger partial charge in [-0.3, -0.25) is 4.79 Å². The Morgan fingerprint density at radius 2 is 2.05 bits per heavy atom. The van der Waals surface area contributed by atoms with Crippen molar-refractivity contribution in [2.24, 2.45) is 0 Å². The number of benzene rings is 1. The van der Waals surface area contributed by atoms with Crippen molar-refractivity contribution in [3.63, 3.8) is 0 Å². The topological polar surface area (TPSA) is 38.3 Å². The zero-order valence-electron chi connectivity index (χ0n) is 12.4. The Bertz CT molecular complexity index is 438. The van der Waals surface area contributed by atoms with E-state index in [1.54, 1.807) is 0 Å². The van der Waals surface area contributed by atoms with Crippen LogP contribution >= 0.6 is 11.8 Å². The van der Waals surface area contributed by atoms with Crippen molar-refractivity contribution >= 4 is 17.7 Å². The first-order valence-electron chi connectivity index (χ1n) is 6.40. The predicted octanol–water partition coefficient (Wildman–Crippen LogP) is 3.15. The molecule has 0 radical (unpaired) electrons. The van der Waals surface area contributed by atoms with E-state index in [1.165, 1.54) is 22.9 Å². The number of ether oxygens (including phenoxy) is 1. The molecule has 106 valence electrons. The standard InChI is InChI=1S/C15H23NO2S/c1-11-8-12(9-16-5)6-7-13(11)19-10-14(17)18-15(2,3)4/h6-8,16H,9-10H2,1-5H3. The quantitative estimate of drug-likeness (QED) is 0.664. The Morgan fingerprint density at radius 1 is 1.37 bits per heavy atom. The summed E-state index contributed by atoms with van der Waals surface area (Å²) in [5.41, 5.74) is 2.03. The van der Waals surface area contributed by atoms with Crippen molar-refractivity contribution in [3.8, 4) is 0 Å². The van der Waals surface area contributed by atoms with Gasteiger partial charge >= 0.3 is 5.97 Å². The van der Waals surface area contributed by atoms with Crippen molar-refractivity contribution in [1.82, 2.24) is 5.32 Å². The van der Waals surface area contributed by atoms with Crippen LogP contribution in [0.4, 0.5) is 0 Å². The lowest BCUT2D eigenvalue weighted by Gasteiger charge is -2.19. The number of rotatable bonds is 5. The van der Waals surface area contributed by atoms with Crippen molar-refractivity contribution in [3.05, 3.63) is 29.3 Å². The number of hydrogen-bond acceptors (Lipinski definition) is 4. The fraction of sp³-hybridized carbons (Fsp3) is 0.533. The van der Waals surface area contributed by atoms with Crippen LogP contribution in [0.25, 0.3) is 0 Å². The maximum Gasteiger partial charge on any atom is 0.316 e.